The largest absolute Gasteiger partial charge is 0.472 e. The maximum Gasteiger partial charge on any atom is 0.472 e. The Labute approximate surface area is 725 Å². The number of aliphatic hydroxyl groups excluding tert-OH is 2. The first-order chi connectivity index (χ1) is 58.2. The lowest BCUT2D eigenvalue weighted by Crippen LogP contribution is -2.30. The summed E-state index contributed by atoms with van der Waals surface area (Å²) in [7, 11) is -9.82. The standard InChI is InChI=1S/C101H168O16P2/c1-4-7-10-13-16-19-22-25-28-31-34-37-40-43-44-45-46-47-48-49-50-53-55-57-60-63-66-69-72-75-78-81-84-87-99(104)111-90-96(102)91-113-118(107,108)114-92-97(103)93-115-119(109,110)116-95-98(117-101(106)89-86-83-80-77-74-71-68-65-62-59-56-52-42-39-36-33-30-27-24-21-18-15-12-9-6-3)94-112-100(105)88-85-82-79-76-73-70-67-64-61-58-54-51-41-38-35-32-29-26-23-20-17-14-11-8-5-2/h7-12,16-21,25-30,34-39,43-44,46-47,51-52,54,56,96-98,102-103H,4-6,13-15,22-24,31-33,40-42,45,48-50,53,55,57-95H2,1-3H3,(H,107,108)(H,109,110)/b10-7-,11-8-,12-9-,19-16-,20-17-,21-18-,28-25-,29-26-,30-27-,37-34-,38-35-,39-36-,44-43-,47-46-,54-51-,56-52-. The number of carbonyl (C=O) groups is 3. The molecule has 5 atom stereocenters. The van der Waals surface area contributed by atoms with Crippen LogP contribution < -0.4 is 0 Å². The molecule has 0 aromatic rings. The lowest BCUT2D eigenvalue weighted by molar-refractivity contribution is -0.161. The Bertz CT molecular complexity index is 2940. The monoisotopic (exact) mass is 1700 g/mol. The van der Waals surface area contributed by atoms with Gasteiger partial charge in [0, 0.05) is 19.3 Å². The molecule has 18 heteroatoms. The Morgan fingerprint density at radius 1 is 0.235 bits per heavy atom. The summed E-state index contributed by atoms with van der Waals surface area (Å²) in [5, 5.41) is 20.8. The molecule has 0 radical (unpaired) electrons. The lowest BCUT2D eigenvalue weighted by Gasteiger charge is -2.21. The van der Waals surface area contributed by atoms with Gasteiger partial charge in [-0.3, -0.25) is 32.5 Å². The molecule has 0 aliphatic heterocycles. The minimum absolute atomic E-state index is 0.0895. The van der Waals surface area contributed by atoms with Gasteiger partial charge >= 0.3 is 33.6 Å². The number of unbranched alkanes of at least 4 members (excludes halogenated alkanes) is 32. The number of carbonyl (C=O) groups excluding carboxylic acids is 3. The quantitative estimate of drug-likeness (QED) is 0.0146. The molecule has 0 heterocycles. The highest BCUT2D eigenvalue weighted by atomic mass is 31.2. The Morgan fingerprint density at radius 3 is 0.664 bits per heavy atom. The minimum Gasteiger partial charge on any atom is -0.463 e. The number of ether oxygens (including phenoxy) is 3. The Balaban J connectivity index is 4.62. The van der Waals surface area contributed by atoms with Crippen LogP contribution in [0.1, 0.15) is 367 Å². The highest BCUT2D eigenvalue weighted by molar-refractivity contribution is 7.47. The maximum absolute atomic E-state index is 13.1. The fourth-order valence-electron chi connectivity index (χ4n) is 12.3. The van der Waals surface area contributed by atoms with Crippen LogP contribution in [0.2, 0.25) is 0 Å². The molecule has 0 spiro atoms. The van der Waals surface area contributed by atoms with Gasteiger partial charge in [-0.1, -0.05) is 382 Å². The van der Waals surface area contributed by atoms with E-state index in [1.807, 2.05) is 0 Å². The Hall–Kier alpha value is -5.61. The average Bonchev–Trinajstić information content (AvgIpc) is 0.902. The summed E-state index contributed by atoms with van der Waals surface area (Å²) >= 11 is 0. The molecule has 0 bridgehead atoms. The minimum atomic E-state index is -4.95. The summed E-state index contributed by atoms with van der Waals surface area (Å²) in [4.78, 5) is 59.1. The van der Waals surface area contributed by atoms with Crippen molar-refractivity contribution in [2.75, 3.05) is 39.6 Å². The molecule has 0 rings (SSSR count). The predicted octanol–water partition coefficient (Wildman–Crippen LogP) is 29.0. The smallest absolute Gasteiger partial charge is 0.463 e. The van der Waals surface area contributed by atoms with Gasteiger partial charge < -0.3 is 34.2 Å². The zero-order valence-corrected chi connectivity index (χ0v) is 76.5. The van der Waals surface area contributed by atoms with Gasteiger partial charge in [-0.2, -0.15) is 0 Å². The van der Waals surface area contributed by atoms with Gasteiger partial charge in [0.05, 0.1) is 26.4 Å². The van der Waals surface area contributed by atoms with E-state index in [2.05, 4.69) is 215 Å². The Morgan fingerprint density at radius 2 is 0.420 bits per heavy atom. The van der Waals surface area contributed by atoms with Gasteiger partial charge in [0.15, 0.2) is 6.10 Å². The van der Waals surface area contributed by atoms with E-state index >= 15 is 0 Å². The second-order valence-corrected chi connectivity index (χ2v) is 33.6. The number of esters is 3. The van der Waals surface area contributed by atoms with E-state index in [-0.39, 0.29) is 19.3 Å². The van der Waals surface area contributed by atoms with Crippen LogP contribution in [0, 0.1) is 0 Å². The van der Waals surface area contributed by atoms with E-state index in [9.17, 15) is 43.5 Å². The molecule has 0 fully saturated rings. The predicted molar refractivity (Wildman–Crippen MR) is 500 cm³/mol. The third-order valence-electron chi connectivity index (χ3n) is 19.3. The van der Waals surface area contributed by atoms with Gasteiger partial charge in [-0.15, -0.1) is 0 Å². The number of phosphoric ester groups is 2. The van der Waals surface area contributed by atoms with Crippen molar-refractivity contribution in [3.63, 3.8) is 0 Å². The van der Waals surface area contributed by atoms with E-state index in [1.165, 1.54) is 116 Å². The van der Waals surface area contributed by atoms with Crippen molar-refractivity contribution < 1.29 is 75.8 Å². The molecule has 0 aliphatic rings. The molecule has 5 unspecified atom stereocenters. The normalized spacial score (nSPS) is 14.6. The second-order valence-electron chi connectivity index (χ2n) is 30.7. The van der Waals surface area contributed by atoms with Crippen LogP contribution in [-0.2, 0) is 55.8 Å². The van der Waals surface area contributed by atoms with Crippen molar-refractivity contribution >= 4 is 33.6 Å². The summed E-state index contributed by atoms with van der Waals surface area (Å²) in [6.45, 7) is 2.36. The van der Waals surface area contributed by atoms with Crippen molar-refractivity contribution in [3.8, 4) is 0 Å². The molecule has 0 aliphatic carbocycles. The molecule has 0 aromatic carbocycles. The zero-order chi connectivity index (χ0) is 86.5. The number of rotatable bonds is 87. The van der Waals surface area contributed by atoms with E-state index in [1.54, 1.807) is 0 Å². The number of hydrogen-bond acceptors (Lipinski definition) is 14. The maximum atomic E-state index is 13.1. The molecule has 16 nitrogen and oxygen atoms in total. The van der Waals surface area contributed by atoms with Crippen molar-refractivity contribution in [2.45, 2.75) is 386 Å². The first-order valence-corrected chi connectivity index (χ1v) is 49.7. The van der Waals surface area contributed by atoms with Crippen molar-refractivity contribution in [3.05, 3.63) is 194 Å². The molecule has 0 saturated heterocycles. The Kier molecular flexibility index (Phi) is 87.3. The first-order valence-electron chi connectivity index (χ1n) is 46.7. The van der Waals surface area contributed by atoms with Gasteiger partial charge in [0.25, 0.3) is 0 Å². The number of aliphatic hydroxyl groups is 2. The fourth-order valence-corrected chi connectivity index (χ4v) is 13.9. The fraction of sp³-hybridized carbons (Fsp3) is 0.653. The van der Waals surface area contributed by atoms with Gasteiger partial charge in [0.2, 0.25) is 0 Å². The van der Waals surface area contributed by atoms with Crippen LogP contribution >= 0.6 is 15.6 Å². The van der Waals surface area contributed by atoms with Crippen LogP contribution in [0.25, 0.3) is 0 Å². The van der Waals surface area contributed by atoms with Crippen molar-refractivity contribution in [2.24, 2.45) is 0 Å². The van der Waals surface area contributed by atoms with E-state index in [4.69, 9.17) is 32.3 Å². The molecule has 678 valence electrons. The van der Waals surface area contributed by atoms with Crippen LogP contribution in [0.15, 0.2) is 194 Å². The highest BCUT2D eigenvalue weighted by Gasteiger charge is 2.29. The van der Waals surface area contributed by atoms with Gasteiger partial charge in [-0.05, 0) is 161 Å². The molecule has 119 heavy (non-hydrogen) atoms. The van der Waals surface area contributed by atoms with E-state index < -0.39 is 91.5 Å². The van der Waals surface area contributed by atoms with E-state index in [0.29, 0.717) is 19.3 Å². The summed E-state index contributed by atoms with van der Waals surface area (Å²) < 4.78 is 61.5. The first kappa shape index (κ1) is 113. The molecule has 0 saturated carbocycles. The van der Waals surface area contributed by atoms with Gasteiger partial charge in [-0.25, -0.2) is 9.13 Å². The summed E-state index contributed by atoms with van der Waals surface area (Å²) in [5.74, 6) is -1.59. The number of allylic oxidation sites excluding steroid dienone is 32. The highest BCUT2D eigenvalue weighted by Crippen LogP contribution is 2.45. The van der Waals surface area contributed by atoms with E-state index in [0.717, 1.165) is 193 Å². The summed E-state index contributed by atoms with van der Waals surface area (Å²) in [6, 6.07) is 0. The molecule has 0 amide bonds. The summed E-state index contributed by atoms with van der Waals surface area (Å²) in [5.41, 5.74) is 0. The van der Waals surface area contributed by atoms with Crippen LogP contribution in [0.5, 0.6) is 0 Å². The molecule has 4 N–H and O–H groups in total. The SMILES string of the molecule is CC/C=C\C/C=C\C/C=C\C/C=C\C/C=C\C/C=C\CCCCCCCCCCCCCCCCC(=O)OCC(O)COP(=O)(O)OCC(O)COP(=O)(O)OCC(COC(=O)CCCCCCCCCCC/C=C\C/C=C\C/C=C\C/C=C\C/C=C\CC)OC(=O)CCCCCCCCCCC/C=C\C/C=C\C/C=C\C/C=C\C/C=C\CC. The molecule has 0 aromatic heterocycles. The lowest BCUT2D eigenvalue weighted by atomic mass is 10.0. The van der Waals surface area contributed by atoms with Gasteiger partial charge in [0.1, 0.15) is 25.4 Å². The van der Waals surface area contributed by atoms with Crippen LogP contribution in [-0.4, -0.2) is 95.9 Å². The average molecular weight is 1700 g/mol. The third kappa shape index (κ3) is 92.9. The van der Waals surface area contributed by atoms with Crippen LogP contribution in [0.4, 0.5) is 0 Å². The topological polar surface area (TPSA) is 231 Å². The zero-order valence-electron chi connectivity index (χ0n) is 74.7. The summed E-state index contributed by atoms with van der Waals surface area (Å²) in [6.07, 6.45) is 122. The molecular weight excluding hydrogens is 1530 g/mol. The van der Waals surface area contributed by atoms with Crippen molar-refractivity contribution in [1.29, 1.82) is 0 Å². The number of phosphoric acid groups is 2. The second kappa shape index (κ2) is 91.6. The van der Waals surface area contributed by atoms with Crippen molar-refractivity contribution in [1.82, 2.24) is 0 Å². The van der Waals surface area contributed by atoms with Crippen LogP contribution in [0.3, 0.4) is 0 Å². The number of hydrogen-bond donors (Lipinski definition) is 4. The third-order valence-corrected chi connectivity index (χ3v) is 21.2. The molecular formula is C101H168O16P2.